The van der Waals surface area contributed by atoms with Crippen LogP contribution in [-0.4, -0.2) is 13.0 Å². The summed E-state index contributed by atoms with van der Waals surface area (Å²) in [7, 11) is 1.63. The van der Waals surface area contributed by atoms with E-state index < -0.39 is 6.04 Å². The van der Waals surface area contributed by atoms with Gasteiger partial charge in [-0.2, -0.15) is 0 Å². The predicted molar refractivity (Wildman–Crippen MR) is 120 cm³/mol. The average molecular weight is 425 g/mol. The highest BCUT2D eigenvalue weighted by Gasteiger charge is 2.24. The van der Waals surface area contributed by atoms with Crippen molar-refractivity contribution in [3.05, 3.63) is 106 Å². The highest BCUT2D eigenvalue weighted by atomic mass is 35.5. The molecule has 3 aromatic carbocycles. The van der Waals surface area contributed by atoms with Crippen LogP contribution in [-0.2, 0) is 11.2 Å². The summed E-state index contributed by atoms with van der Waals surface area (Å²) >= 11 is 6.00. The lowest BCUT2D eigenvalue weighted by atomic mass is 9.95. The number of carbonyl (C=O) groups is 1. The van der Waals surface area contributed by atoms with Crippen molar-refractivity contribution in [2.45, 2.75) is 31.8 Å². The Hall–Kier alpha value is -2.69. The van der Waals surface area contributed by atoms with E-state index in [2.05, 4.69) is 10.6 Å². The number of halogens is 2. The van der Waals surface area contributed by atoms with Crippen molar-refractivity contribution in [2.24, 2.45) is 0 Å². The van der Waals surface area contributed by atoms with Crippen molar-refractivity contribution in [3.8, 4) is 0 Å². The number of benzene rings is 3. The van der Waals surface area contributed by atoms with Gasteiger partial charge < -0.3 is 5.32 Å². The molecule has 0 spiro atoms. The predicted octanol–water partition coefficient (Wildman–Crippen LogP) is 5.54. The second-order valence-electron chi connectivity index (χ2n) is 7.35. The summed E-state index contributed by atoms with van der Waals surface area (Å²) in [5, 5.41) is 6.95. The minimum absolute atomic E-state index is 0.114. The first kappa shape index (κ1) is 22.0. The molecule has 0 saturated heterocycles. The Kier molecular flexibility index (Phi) is 7.61. The summed E-state index contributed by atoms with van der Waals surface area (Å²) in [4.78, 5) is 12.7. The van der Waals surface area contributed by atoms with Crippen LogP contribution in [0.3, 0.4) is 0 Å². The van der Waals surface area contributed by atoms with Gasteiger partial charge in [-0.1, -0.05) is 66.2 Å². The van der Waals surface area contributed by atoms with E-state index >= 15 is 0 Å². The lowest BCUT2D eigenvalue weighted by Crippen LogP contribution is -2.38. The van der Waals surface area contributed by atoms with E-state index in [0.717, 1.165) is 29.5 Å². The van der Waals surface area contributed by atoms with Gasteiger partial charge in [-0.25, -0.2) is 4.39 Å². The first-order chi connectivity index (χ1) is 14.5. The Morgan fingerprint density at radius 2 is 1.70 bits per heavy atom. The minimum atomic E-state index is -0.517. The van der Waals surface area contributed by atoms with Crippen molar-refractivity contribution < 1.29 is 9.18 Å². The second kappa shape index (κ2) is 10.4. The molecule has 0 saturated carbocycles. The summed E-state index contributed by atoms with van der Waals surface area (Å²) in [6.45, 7) is 1.75. The molecule has 0 heterocycles. The Morgan fingerprint density at radius 3 is 2.33 bits per heavy atom. The number of nitrogens with one attached hydrogen (secondary N) is 2. The lowest BCUT2D eigenvalue weighted by Gasteiger charge is -2.26. The van der Waals surface area contributed by atoms with Crippen molar-refractivity contribution in [1.82, 2.24) is 10.6 Å². The standard InChI is InChI=1S/C25H26ClFN2O/c1-17-16-20(11-14-22(17)27)23(15-10-18-8-12-21(26)13-9-18)29-24(25(30)28-2)19-6-4-3-5-7-19/h3-9,11-14,16,23-24,29H,10,15H2,1-2H3,(H,28,30). The SMILES string of the molecule is CNC(=O)C(NC(CCc1ccc(Cl)cc1)c1ccc(F)c(C)c1)c1ccccc1. The molecule has 3 aromatic rings. The maximum atomic E-state index is 13.9. The number of aryl methyl sites for hydroxylation is 2. The van der Waals surface area contributed by atoms with Crippen molar-refractivity contribution in [2.75, 3.05) is 7.05 Å². The smallest absolute Gasteiger partial charge is 0.241 e. The molecule has 0 radical (unpaired) electrons. The summed E-state index contributed by atoms with van der Waals surface area (Å²) < 4.78 is 13.9. The third-order valence-electron chi connectivity index (χ3n) is 5.23. The van der Waals surface area contributed by atoms with Crippen molar-refractivity contribution >= 4 is 17.5 Å². The number of carbonyl (C=O) groups excluding carboxylic acids is 1. The van der Waals surface area contributed by atoms with Gasteiger partial charge in [0.25, 0.3) is 0 Å². The molecule has 2 atom stereocenters. The molecule has 0 aliphatic carbocycles. The van der Waals surface area contributed by atoms with Crippen LogP contribution < -0.4 is 10.6 Å². The van der Waals surface area contributed by atoms with E-state index in [0.29, 0.717) is 10.6 Å². The zero-order valence-corrected chi connectivity index (χ0v) is 17.9. The van der Waals surface area contributed by atoms with Gasteiger partial charge in [-0.05, 0) is 60.2 Å². The third-order valence-corrected chi connectivity index (χ3v) is 5.48. The molecule has 0 aliphatic heterocycles. The van der Waals surface area contributed by atoms with E-state index in [9.17, 15) is 9.18 Å². The van der Waals surface area contributed by atoms with Crippen LogP contribution in [0.25, 0.3) is 0 Å². The van der Waals surface area contributed by atoms with Gasteiger partial charge in [0.2, 0.25) is 5.91 Å². The molecule has 0 fully saturated rings. The van der Waals surface area contributed by atoms with Gasteiger partial charge in [0.05, 0.1) is 0 Å². The van der Waals surface area contributed by atoms with Crippen LogP contribution in [0, 0.1) is 12.7 Å². The van der Waals surface area contributed by atoms with Crippen LogP contribution >= 0.6 is 11.6 Å². The maximum absolute atomic E-state index is 13.9. The molecule has 3 nitrogen and oxygen atoms in total. The number of hydrogen-bond donors (Lipinski definition) is 2. The summed E-state index contributed by atoms with van der Waals surface area (Å²) in [5.74, 6) is -0.349. The van der Waals surface area contributed by atoms with Crippen LogP contribution in [0.4, 0.5) is 4.39 Å². The van der Waals surface area contributed by atoms with Gasteiger partial charge in [0, 0.05) is 18.1 Å². The minimum Gasteiger partial charge on any atom is -0.358 e. The van der Waals surface area contributed by atoms with Crippen LogP contribution in [0.15, 0.2) is 72.8 Å². The summed E-state index contributed by atoms with van der Waals surface area (Å²) in [6.07, 6.45) is 1.54. The Balaban J connectivity index is 1.89. The van der Waals surface area contributed by atoms with E-state index in [1.807, 2.05) is 60.7 Å². The molecular formula is C25H26ClFN2O. The molecule has 5 heteroatoms. The van der Waals surface area contributed by atoms with Gasteiger partial charge in [0.15, 0.2) is 0 Å². The molecule has 1 amide bonds. The largest absolute Gasteiger partial charge is 0.358 e. The number of likely N-dealkylation sites (N-methyl/N-ethyl adjacent to an activating group) is 1. The van der Waals surface area contributed by atoms with Gasteiger partial charge >= 0.3 is 0 Å². The molecule has 2 N–H and O–H groups in total. The first-order valence-corrected chi connectivity index (χ1v) is 10.4. The zero-order chi connectivity index (χ0) is 21.5. The van der Waals surface area contributed by atoms with E-state index in [-0.39, 0.29) is 17.8 Å². The molecule has 30 heavy (non-hydrogen) atoms. The van der Waals surface area contributed by atoms with Gasteiger partial charge in [-0.15, -0.1) is 0 Å². The first-order valence-electron chi connectivity index (χ1n) is 10.0. The normalized spacial score (nSPS) is 12.9. The van der Waals surface area contributed by atoms with Crippen molar-refractivity contribution in [1.29, 1.82) is 0 Å². The maximum Gasteiger partial charge on any atom is 0.241 e. The second-order valence-corrected chi connectivity index (χ2v) is 7.79. The Labute approximate surface area is 182 Å². The monoisotopic (exact) mass is 424 g/mol. The topological polar surface area (TPSA) is 41.1 Å². The molecular weight excluding hydrogens is 399 g/mol. The van der Waals surface area contributed by atoms with Gasteiger partial charge in [-0.3, -0.25) is 10.1 Å². The quantitative estimate of drug-likeness (QED) is 0.498. The average Bonchev–Trinajstić information content (AvgIpc) is 2.77. The van der Waals surface area contributed by atoms with Crippen LogP contribution in [0.1, 0.15) is 40.8 Å². The summed E-state index contributed by atoms with van der Waals surface area (Å²) in [5.41, 5.74) is 3.57. The fourth-order valence-electron chi connectivity index (χ4n) is 3.51. The highest BCUT2D eigenvalue weighted by Crippen LogP contribution is 2.26. The number of hydrogen-bond acceptors (Lipinski definition) is 2. The third kappa shape index (κ3) is 5.68. The van der Waals surface area contributed by atoms with E-state index in [1.165, 1.54) is 6.07 Å². The van der Waals surface area contributed by atoms with E-state index in [4.69, 9.17) is 11.6 Å². The van der Waals surface area contributed by atoms with Crippen LogP contribution in [0.2, 0.25) is 5.02 Å². The van der Waals surface area contributed by atoms with Crippen LogP contribution in [0.5, 0.6) is 0 Å². The van der Waals surface area contributed by atoms with Gasteiger partial charge in [0.1, 0.15) is 11.9 Å². The molecule has 2 unspecified atom stereocenters. The molecule has 156 valence electrons. The zero-order valence-electron chi connectivity index (χ0n) is 17.2. The fourth-order valence-corrected chi connectivity index (χ4v) is 3.63. The summed E-state index contributed by atoms with van der Waals surface area (Å²) in [6, 6.07) is 21.8. The molecule has 0 aliphatic rings. The number of amides is 1. The lowest BCUT2D eigenvalue weighted by molar-refractivity contribution is -0.123. The number of rotatable bonds is 8. The highest BCUT2D eigenvalue weighted by molar-refractivity contribution is 6.30. The Morgan fingerprint density at radius 1 is 1.00 bits per heavy atom. The molecule has 0 bridgehead atoms. The van der Waals surface area contributed by atoms with Crippen molar-refractivity contribution in [3.63, 3.8) is 0 Å². The molecule has 0 aromatic heterocycles. The fraction of sp³-hybridized carbons (Fsp3) is 0.240. The van der Waals surface area contributed by atoms with E-state index in [1.54, 1.807) is 20.0 Å². The molecule has 3 rings (SSSR count). The Bertz CT molecular complexity index is 976.